The van der Waals surface area contributed by atoms with Crippen LogP contribution in [0.1, 0.15) is 5.56 Å². The molecule has 0 spiro atoms. The minimum atomic E-state index is -0.872. The third-order valence-electron chi connectivity index (χ3n) is 3.92. The van der Waals surface area contributed by atoms with E-state index < -0.39 is 11.6 Å². The molecule has 0 amide bonds. The monoisotopic (exact) mass is 380 g/mol. The van der Waals surface area contributed by atoms with Gasteiger partial charge in [-0.2, -0.15) is 0 Å². The normalized spacial score (nSPS) is 25.1. The lowest BCUT2D eigenvalue weighted by Crippen LogP contribution is -2.36. The topological polar surface area (TPSA) is 54.0 Å². The molecular weight excluding hydrogens is 364 g/mol. The van der Waals surface area contributed by atoms with Gasteiger partial charge in [0.1, 0.15) is 17.5 Å². The summed E-state index contributed by atoms with van der Waals surface area (Å²) in [7, 11) is 2.99. The average molecular weight is 381 g/mol. The quantitative estimate of drug-likeness (QED) is 0.560. The summed E-state index contributed by atoms with van der Waals surface area (Å²) in [5, 5.41) is 0. The van der Waals surface area contributed by atoms with Crippen LogP contribution >= 0.6 is 15.9 Å². The van der Waals surface area contributed by atoms with Gasteiger partial charge in [-0.1, -0.05) is 34.1 Å². The van der Waals surface area contributed by atoms with Crippen molar-refractivity contribution in [2.24, 2.45) is 0 Å². The van der Waals surface area contributed by atoms with E-state index in [4.69, 9.17) is 18.9 Å². The predicted octanol–water partition coefficient (Wildman–Crippen LogP) is 2.74. The molecule has 0 aromatic heterocycles. The molecule has 0 N–H and O–H groups in total. The van der Waals surface area contributed by atoms with Crippen LogP contribution < -0.4 is 4.74 Å². The second-order valence-electron chi connectivity index (χ2n) is 5.34. The number of ether oxygens (including phenoxy) is 4. The van der Waals surface area contributed by atoms with Gasteiger partial charge in [0.05, 0.1) is 33.0 Å². The van der Waals surface area contributed by atoms with Crippen LogP contribution in [-0.4, -0.2) is 38.5 Å². The first-order chi connectivity index (χ1) is 11.1. The second kappa shape index (κ2) is 6.47. The fraction of sp³-hybridized carbons (Fsp3) is 0.353. The van der Waals surface area contributed by atoms with Gasteiger partial charge in [-0.25, -0.2) is 4.79 Å². The minimum Gasteiger partial charge on any atom is -0.497 e. The number of halogens is 1. The molecule has 122 valence electrons. The zero-order chi connectivity index (χ0) is 16.4. The number of hydrogen-bond acceptors (Lipinski definition) is 5. The Balaban J connectivity index is 1.67. The molecule has 2 heterocycles. The zero-order valence-corrected chi connectivity index (χ0v) is 14.5. The molecule has 0 saturated carbocycles. The van der Waals surface area contributed by atoms with E-state index in [0.717, 1.165) is 11.3 Å². The maximum atomic E-state index is 12.0. The molecule has 3 rings (SSSR count). The molecule has 2 atom stereocenters. The first-order valence-corrected chi connectivity index (χ1v) is 7.95. The van der Waals surface area contributed by atoms with Crippen LogP contribution in [0.4, 0.5) is 0 Å². The standard InChI is InChI=1S/C17H17BrO5/c1-20-12-5-3-11(4-6-12)9-22-10-17-8-7-13(23-17)15(18)14(17)16(19)21-2/h3-8,13H,9-10H2,1-2H3/t13-,17-/m1/s1. The Morgan fingerprint density at radius 3 is 2.70 bits per heavy atom. The average Bonchev–Trinajstić information content (AvgIpc) is 3.11. The lowest BCUT2D eigenvalue weighted by Gasteiger charge is -2.25. The third-order valence-corrected chi connectivity index (χ3v) is 4.77. The van der Waals surface area contributed by atoms with Gasteiger partial charge in [-0.15, -0.1) is 0 Å². The highest BCUT2D eigenvalue weighted by molar-refractivity contribution is 9.11. The number of benzene rings is 1. The molecule has 0 unspecified atom stereocenters. The lowest BCUT2D eigenvalue weighted by atomic mass is 9.92. The zero-order valence-electron chi connectivity index (χ0n) is 12.9. The van der Waals surface area contributed by atoms with Crippen molar-refractivity contribution in [1.29, 1.82) is 0 Å². The molecule has 0 radical (unpaired) electrons. The SMILES string of the molecule is COC(=O)C1=C(Br)[C@H]2C=C[C@]1(COCc1ccc(OC)cc1)O2. The molecule has 2 aliphatic rings. The molecule has 5 nitrogen and oxygen atoms in total. The van der Waals surface area contributed by atoms with Gasteiger partial charge in [0, 0.05) is 4.48 Å². The summed E-state index contributed by atoms with van der Waals surface area (Å²) in [6.07, 6.45) is 3.53. The Bertz CT molecular complexity index is 664. The third kappa shape index (κ3) is 2.94. The number of methoxy groups -OCH3 is 2. The van der Waals surface area contributed by atoms with Gasteiger partial charge in [-0.3, -0.25) is 0 Å². The van der Waals surface area contributed by atoms with Gasteiger partial charge in [0.2, 0.25) is 0 Å². The Labute approximate surface area is 143 Å². The van der Waals surface area contributed by atoms with Crippen molar-refractivity contribution in [2.75, 3.05) is 20.8 Å². The van der Waals surface area contributed by atoms with E-state index in [-0.39, 0.29) is 12.7 Å². The number of esters is 1. The summed E-state index contributed by atoms with van der Waals surface area (Å²) in [4.78, 5) is 12.0. The first-order valence-electron chi connectivity index (χ1n) is 7.16. The van der Waals surface area contributed by atoms with Crippen molar-refractivity contribution in [3.63, 3.8) is 0 Å². The highest BCUT2D eigenvalue weighted by Gasteiger charge is 2.51. The van der Waals surface area contributed by atoms with Crippen molar-refractivity contribution in [3.05, 3.63) is 52.0 Å². The number of rotatable bonds is 6. The van der Waals surface area contributed by atoms with Gasteiger partial charge in [0.25, 0.3) is 0 Å². The van der Waals surface area contributed by atoms with E-state index in [9.17, 15) is 4.79 Å². The van der Waals surface area contributed by atoms with E-state index in [0.29, 0.717) is 16.7 Å². The van der Waals surface area contributed by atoms with Crippen molar-refractivity contribution in [1.82, 2.24) is 0 Å². The van der Waals surface area contributed by atoms with Gasteiger partial charge >= 0.3 is 5.97 Å². The molecule has 0 aliphatic carbocycles. The minimum absolute atomic E-state index is 0.242. The summed E-state index contributed by atoms with van der Waals surface area (Å²) < 4.78 is 22.4. The van der Waals surface area contributed by atoms with Crippen LogP contribution in [0.3, 0.4) is 0 Å². The first kappa shape index (κ1) is 16.2. The summed E-state index contributed by atoms with van der Waals surface area (Å²) in [6.45, 7) is 0.658. The van der Waals surface area contributed by atoms with Crippen LogP contribution in [0.5, 0.6) is 5.75 Å². The number of fused-ring (bicyclic) bond motifs is 2. The molecule has 1 aromatic carbocycles. The molecule has 1 aromatic rings. The van der Waals surface area contributed by atoms with Gasteiger partial charge in [-0.05, 0) is 23.8 Å². The van der Waals surface area contributed by atoms with E-state index in [1.54, 1.807) is 7.11 Å². The molecule has 0 saturated heterocycles. The van der Waals surface area contributed by atoms with E-state index in [2.05, 4.69) is 15.9 Å². The Hall–Kier alpha value is -1.63. The summed E-state index contributed by atoms with van der Waals surface area (Å²) >= 11 is 3.42. The molecule has 2 aliphatic heterocycles. The predicted molar refractivity (Wildman–Crippen MR) is 87.4 cm³/mol. The molecule has 23 heavy (non-hydrogen) atoms. The Morgan fingerprint density at radius 2 is 2.04 bits per heavy atom. The van der Waals surface area contributed by atoms with Crippen LogP contribution in [-0.2, 0) is 25.6 Å². The summed E-state index contributed by atoms with van der Waals surface area (Å²) in [6, 6.07) is 7.63. The van der Waals surface area contributed by atoms with Crippen molar-refractivity contribution >= 4 is 21.9 Å². The van der Waals surface area contributed by atoms with Crippen molar-refractivity contribution in [3.8, 4) is 5.75 Å². The van der Waals surface area contributed by atoms with E-state index in [1.807, 2.05) is 36.4 Å². The van der Waals surface area contributed by atoms with E-state index >= 15 is 0 Å². The fourth-order valence-electron chi connectivity index (χ4n) is 2.74. The second-order valence-corrected chi connectivity index (χ2v) is 6.20. The number of hydrogen-bond donors (Lipinski definition) is 0. The largest absolute Gasteiger partial charge is 0.497 e. The summed E-state index contributed by atoms with van der Waals surface area (Å²) in [5.74, 6) is 0.393. The highest BCUT2D eigenvalue weighted by Crippen LogP contribution is 2.46. The lowest BCUT2D eigenvalue weighted by molar-refractivity contribution is -0.139. The number of carbonyl (C=O) groups is 1. The fourth-order valence-corrected chi connectivity index (χ4v) is 3.48. The Morgan fingerprint density at radius 1 is 1.30 bits per heavy atom. The molecular formula is C17H17BrO5. The maximum absolute atomic E-state index is 12.0. The van der Waals surface area contributed by atoms with Gasteiger partial charge in [0.15, 0.2) is 0 Å². The highest BCUT2D eigenvalue weighted by atomic mass is 79.9. The molecule has 0 fully saturated rings. The summed E-state index contributed by atoms with van der Waals surface area (Å²) in [5.41, 5.74) is 0.618. The maximum Gasteiger partial charge on any atom is 0.338 e. The van der Waals surface area contributed by atoms with Crippen molar-refractivity contribution < 1.29 is 23.7 Å². The smallest absolute Gasteiger partial charge is 0.338 e. The molecule has 2 bridgehead atoms. The van der Waals surface area contributed by atoms with E-state index in [1.165, 1.54) is 7.11 Å². The van der Waals surface area contributed by atoms with Crippen LogP contribution in [0.2, 0.25) is 0 Å². The number of carbonyl (C=O) groups excluding carboxylic acids is 1. The van der Waals surface area contributed by atoms with Crippen molar-refractivity contribution in [2.45, 2.75) is 18.3 Å². The van der Waals surface area contributed by atoms with Crippen LogP contribution in [0, 0.1) is 0 Å². The van der Waals surface area contributed by atoms with Crippen LogP contribution in [0.25, 0.3) is 0 Å². The van der Waals surface area contributed by atoms with Gasteiger partial charge < -0.3 is 18.9 Å². The van der Waals surface area contributed by atoms with Crippen LogP contribution in [0.15, 0.2) is 46.5 Å². The molecule has 6 heteroatoms. The Kier molecular flexibility index (Phi) is 4.57.